The fraction of sp³-hybridized carbons (Fsp3) is 0.0769. The molecule has 18 heavy (non-hydrogen) atoms. The van der Waals surface area contributed by atoms with Crippen molar-refractivity contribution in [2.75, 3.05) is 4.90 Å². The number of amides is 1. The number of anilines is 1. The van der Waals surface area contributed by atoms with Gasteiger partial charge >= 0.3 is 0 Å². The molecule has 0 fully saturated rings. The van der Waals surface area contributed by atoms with Crippen LogP contribution in [0.5, 0.6) is 0 Å². The average Bonchev–Trinajstić information content (AvgIpc) is 2.64. The van der Waals surface area contributed by atoms with Crippen LogP contribution >= 0.6 is 15.9 Å². The largest absolute Gasteiger partial charge is 0.369 e. The van der Waals surface area contributed by atoms with E-state index in [1.165, 1.54) is 4.90 Å². The topological polar surface area (TPSA) is 53.4 Å². The Morgan fingerprint density at radius 2 is 1.94 bits per heavy atom. The highest BCUT2D eigenvalue weighted by atomic mass is 79.9. The van der Waals surface area contributed by atoms with Gasteiger partial charge in [-0.15, -0.1) is 0 Å². The van der Waals surface area contributed by atoms with Crippen LogP contribution in [0.1, 0.15) is 22.3 Å². The first-order valence-electron chi connectivity index (χ1n) is 5.40. The number of hydrogen-bond donors (Lipinski definition) is 1. The lowest BCUT2D eigenvalue weighted by Gasteiger charge is -2.20. The average molecular weight is 305 g/mol. The third kappa shape index (κ3) is 1.63. The van der Waals surface area contributed by atoms with Gasteiger partial charge in [-0.1, -0.05) is 22.0 Å². The molecule has 2 heterocycles. The van der Waals surface area contributed by atoms with Gasteiger partial charge in [0.1, 0.15) is 5.69 Å². The molecule has 0 saturated carbocycles. The van der Waals surface area contributed by atoms with E-state index >= 15 is 0 Å². The van der Waals surface area contributed by atoms with Gasteiger partial charge < -0.3 is 5.11 Å². The van der Waals surface area contributed by atoms with Crippen molar-refractivity contribution in [3.63, 3.8) is 0 Å². The van der Waals surface area contributed by atoms with Crippen molar-refractivity contribution in [1.29, 1.82) is 0 Å². The molecule has 5 heteroatoms. The number of rotatable bonds is 1. The van der Waals surface area contributed by atoms with Gasteiger partial charge in [0.05, 0.1) is 0 Å². The van der Waals surface area contributed by atoms with Crippen molar-refractivity contribution in [2.45, 2.75) is 6.23 Å². The minimum Gasteiger partial charge on any atom is -0.369 e. The van der Waals surface area contributed by atoms with Crippen LogP contribution in [0.15, 0.2) is 47.1 Å². The van der Waals surface area contributed by atoms with E-state index in [9.17, 15) is 9.90 Å². The van der Waals surface area contributed by atoms with E-state index in [2.05, 4.69) is 20.9 Å². The summed E-state index contributed by atoms with van der Waals surface area (Å²) in [5.74, 6) is -0.277. The zero-order chi connectivity index (χ0) is 12.7. The summed E-state index contributed by atoms with van der Waals surface area (Å²) in [7, 11) is 0. The predicted octanol–water partition coefficient (Wildman–Crippen LogP) is 2.50. The van der Waals surface area contributed by atoms with Gasteiger partial charge in [-0.05, 0) is 30.3 Å². The molecule has 1 aliphatic heterocycles. The molecule has 90 valence electrons. The third-order valence-electron chi connectivity index (χ3n) is 2.89. The lowest BCUT2D eigenvalue weighted by Crippen LogP contribution is -2.27. The Morgan fingerprint density at radius 3 is 2.61 bits per heavy atom. The van der Waals surface area contributed by atoms with Gasteiger partial charge in [-0.2, -0.15) is 0 Å². The number of hydrogen-bond acceptors (Lipinski definition) is 3. The van der Waals surface area contributed by atoms with Crippen LogP contribution in [-0.2, 0) is 0 Å². The molecular weight excluding hydrogens is 296 g/mol. The minimum absolute atomic E-state index is 0.277. The van der Waals surface area contributed by atoms with Crippen LogP contribution in [-0.4, -0.2) is 16.0 Å². The number of benzene rings is 1. The normalized spacial score (nSPS) is 18.0. The van der Waals surface area contributed by atoms with Gasteiger partial charge in [0.2, 0.25) is 0 Å². The van der Waals surface area contributed by atoms with Crippen molar-refractivity contribution >= 4 is 27.5 Å². The summed E-state index contributed by atoms with van der Waals surface area (Å²) < 4.78 is 0.919. The second-order valence-electron chi connectivity index (χ2n) is 3.97. The third-order valence-corrected chi connectivity index (χ3v) is 3.42. The first-order valence-corrected chi connectivity index (χ1v) is 6.20. The number of aromatic nitrogens is 1. The summed E-state index contributed by atoms with van der Waals surface area (Å²) in [6.07, 6.45) is 0.580. The molecule has 1 atom stereocenters. The molecule has 1 amide bonds. The standard InChI is InChI=1S/C13H9BrN2O2/c14-8-3-5-9(6-4-8)16-12(17)10-2-1-7-15-11(10)13(16)18/h1-7,12,17H. The van der Waals surface area contributed by atoms with Crippen molar-refractivity contribution in [1.82, 2.24) is 4.98 Å². The fourth-order valence-corrected chi connectivity index (χ4v) is 2.29. The van der Waals surface area contributed by atoms with Crippen LogP contribution in [0, 0.1) is 0 Å². The van der Waals surface area contributed by atoms with Crippen LogP contribution in [0.2, 0.25) is 0 Å². The maximum absolute atomic E-state index is 12.2. The zero-order valence-electron chi connectivity index (χ0n) is 9.25. The lowest BCUT2D eigenvalue weighted by atomic mass is 10.2. The molecule has 1 aromatic heterocycles. The monoisotopic (exact) mass is 304 g/mol. The highest BCUT2D eigenvalue weighted by molar-refractivity contribution is 9.10. The molecule has 4 nitrogen and oxygen atoms in total. The molecular formula is C13H9BrN2O2. The number of halogens is 1. The van der Waals surface area contributed by atoms with Crippen LogP contribution < -0.4 is 4.90 Å². The number of aliphatic hydroxyl groups excluding tert-OH is 1. The van der Waals surface area contributed by atoms with E-state index in [0.717, 1.165) is 4.47 Å². The molecule has 0 radical (unpaired) electrons. The van der Waals surface area contributed by atoms with E-state index in [0.29, 0.717) is 16.9 Å². The van der Waals surface area contributed by atoms with Crippen LogP contribution in [0.4, 0.5) is 5.69 Å². The highest BCUT2D eigenvalue weighted by Gasteiger charge is 2.37. The van der Waals surface area contributed by atoms with E-state index < -0.39 is 6.23 Å². The van der Waals surface area contributed by atoms with Crippen molar-refractivity contribution < 1.29 is 9.90 Å². The molecule has 0 aliphatic carbocycles. The molecule has 0 spiro atoms. The summed E-state index contributed by atoms with van der Waals surface area (Å²) in [5, 5.41) is 10.2. The smallest absolute Gasteiger partial charge is 0.279 e. The molecule has 0 saturated heterocycles. The number of pyridine rings is 1. The van der Waals surface area contributed by atoms with Crippen molar-refractivity contribution in [3.05, 3.63) is 58.3 Å². The van der Waals surface area contributed by atoms with Gasteiger partial charge in [0.15, 0.2) is 6.23 Å². The number of nitrogens with zero attached hydrogens (tertiary/aromatic N) is 2. The minimum atomic E-state index is -0.970. The molecule has 1 unspecified atom stereocenters. The van der Waals surface area contributed by atoms with E-state index in [4.69, 9.17) is 0 Å². The molecule has 1 aromatic carbocycles. The van der Waals surface area contributed by atoms with Crippen molar-refractivity contribution in [2.24, 2.45) is 0 Å². The molecule has 0 bridgehead atoms. The highest BCUT2D eigenvalue weighted by Crippen LogP contribution is 2.34. The molecule has 3 rings (SSSR count). The van der Waals surface area contributed by atoms with Gasteiger partial charge in [-0.3, -0.25) is 14.7 Å². The number of carbonyl (C=O) groups excluding carboxylic acids is 1. The summed E-state index contributed by atoms with van der Waals surface area (Å²) in [4.78, 5) is 17.5. The van der Waals surface area contributed by atoms with Gasteiger partial charge in [-0.25, -0.2) is 0 Å². The lowest BCUT2D eigenvalue weighted by molar-refractivity contribution is 0.0932. The van der Waals surface area contributed by atoms with E-state index in [1.54, 1.807) is 30.5 Å². The Balaban J connectivity index is 2.06. The maximum Gasteiger partial charge on any atom is 0.279 e. The summed E-state index contributed by atoms with van der Waals surface area (Å²) in [6.45, 7) is 0. The Kier molecular flexibility index (Phi) is 2.65. The Morgan fingerprint density at radius 1 is 1.22 bits per heavy atom. The van der Waals surface area contributed by atoms with Crippen LogP contribution in [0.25, 0.3) is 0 Å². The SMILES string of the molecule is O=C1c2ncccc2C(O)N1c1ccc(Br)cc1. The number of fused-ring (bicyclic) bond motifs is 1. The maximum atomic E-state index is 12.2. The van der Waals surface area contributed by atoms with E-state index in [-0.39, 0.29) is 5.91 Å². The number of carbonyl (C=O) groups is 1. The Labute approximate surface area is 112 Å². The molecule has 2 aromatic rings. The first-order chi connectivity index (χ1) is 8.68. The summed E-state index contributed by atoms with van der Waals surface area (Å²) in [5.41, 5.74) is 1.51. The van der Waals surface area contributed by atoms with Crippen LogP contribution in [0.3, 0.4) is 0 Å². The zero-order valence-corrected chi connectivity index (χ0v) is 10.8. The fourth-order valence-electron chi connectivity index (χ4n) is 2.03. The molecule has 1 N–H and O–H groups in total. The Hall–Kier alpha value is -1.72. The summed E-state index contributed by atoms with van der Waals surface area (Å²) in [6, 6.07) is 10.6. The quantitative estimate of drug-likeness (QED) is 0.880. The number of aliphatic hydroxyl groups is 1. The molecule has 1 aliphatic rings. The van der Waals surface area contributed by atoms with Gasteiger partial charge in [0, 0.05) is 21.9 Å². The Bertz CT molecular complexity index is 613. The first kappa shape index (κ1) is 11.4. The second-order valence-corrected chi connectivity index (χ2v) is 4.88. The van der Waals surface area contributed by atoms with Gasteiger partial charge in [0.25, 0.3) is 5.91 Å². The van der Waals surface area contributed by atoms with Crippen molar-refractivity contribution in [3.8, 4) is 0 Å². The summed E-state index contributed by atoms with van der Waals surface area (Å²) >= 11 is 3.33. The predicted molar refractivity (Wildman–Crippen MR) is 70.1 cm³/mol. The van der Waals surface area contributed by atoms with E-state index in [1.807, 2.05) is 12.1 Å². The second kappa shape index (κ2) is 4.19.